The Labute approximate surface area is 386 Å². The summed E-state index contributed by atoms with van der Waals surface area (Å²) in [5.41, 5.74) is 20.8. The highest BCUT2D eigenvalue weighted by Crippen LogP contribution is 2.52. The first-order valence-electron chi connectivity index (χ1n) is 23.2. The zero-order chi connectivity index (χ0) is 43.9. The van der Waals surface area contributed by atoms with Crippen molar-refractivity contribution in [3.05, 3.63) is 253 Å². The molecule has 0 saturated heterocycles. The molecular formula is C63H47N3. The SMILES string of the molecule is CC1(C)c2ccccc2-c2ccc(N(c3ccc(-c4ccc5c(c4)C4C=CC=CC4N5c4ccccc4)cc3)c3ccccc3-c3ccc4c(c3)c3ccccc3n4-c3ccccc3)cc21. The minimum atomic E-state index is -0.138. The molecule has 9 aromatic carbocycles. The normalized spacial score (nSPS) is 16.3. The highest BCUT2D eigenvalue weighted by atomic mass is 15.2. The molecule has 0 fully saturated rings. The summed E-state index contributed by atoms with van der Waals surface area (Å²) in [4.78, 5) is 4.97. The molecule has 10 aromatic rings. The molecule has 13 rings (SSSR count). The van der Waals surface area contributed by atoms with E-state index in [1.165, 1.54) is 83.3 Å². The van der Waals surface area contributed by atoms with E-state index in [9.17, 15) is 0 Å². The second-order valence-corrected chi connectivity index (χ2v) is 18.5. The lowest BCUT2D eigenvalue weighted by atomic mass is 9.82. The summed E-state index contributed by atoms with van der Waals surface area (Å²) in [6.45, 7) is 4.74. The van der Waals surface area contributed by atoms with E-state index in [1.807, 2.05) is 0 Å². The molecular weight excluding hydrogens is 799 g/mol. The van der Waals surface area contributed by atoms with E-state index in [2.05, 4.69) is 265 Å². The monoisotopic (exact) mass is 845 g/mol. The van der Waals surface area contributed by atoms with E-state index in [0.29, 0.717) is 5.92 Å². The van der Waals surface area contributed by atoms with Gasteiger partial charge in [-0.15, -0.1) is 0 Å². The van der Waals surface area contributed by atoms with Crippen LogP contribution >= 0.6 is 0 Å². The maximum Gasteiger partial charge on any atom is 0.0629 e. The van der Waals surface area contributed by atoms with Crippen LogP contribution in [-0.2, 0) is 5.41 Å². The summed E-state index contributed by atoms with van der Waals surface area (Å²) in [5.74, 6) is 0.292. The topological polar surface area (TPSA) is 11.4 Å². The van der Waals surface area contributed by atoms with Gasteiger partial charge in [-0.25, -0.2) is 0 Å². The molecule has 3 aliphatic rings. The number of rotatable bonds is 7. The van der Waals surface area contributed by atoms with E-state index in [4.69, 9.17) is 0 Å². The average molecular weight is 846 g/mol. The van der Waals surface area contributed by atoms with Crippen LogP contribution in [0, 0.1) is 0 Å². The highest BCUT2D eigenvalue weighted by molar-refractivity contribution is 6.11. The lowest BCUT2D eigenvalue weighted by Crippen LogP contribution is -2.28. The van der Waals surface area contributed by atoms with Gasteiger partial charge in [0.05, 0.1) is 22.8 Å². The van der Waals surface area contributed by atoms with Crippen molar-refractivity contribution in [3.8, 4) is 39.1 Å². The summed E-state index contributed by atoms with van der Waals surface area (Å²) in [6.07, 6.45) is 9.10. The summed E-state index contributed by atoms with van der Waals surface area (Å²) in [5, 5.41) is 2.48. The molecule has 2 aliphatic carbocycles. The van der Waals surface area contributed by atoms with Gasteiger partial charge in [-0.05, 0) is 129 Å². The van der Waals surface area contributed by atoms with Crippen LogP contribution in [0.25, 0.3) is 60.9 Å². The fourth-order valence-corrected chi connectivity index (χ4v) is 11.4. The van der Waals surface area contributed by atoms with Gasteiger partial charge in [-0.3, -0.25) is 0 Å². The van der Waals surface area contributed by atoms with Crippen molar-refractivity contribution >= 4 is 50.2 Å². The van der Waals surface area contributed by atoms with Crippen LogP contribution in [-0.4, -0.2) is 10.6 Å². The molecule has 2 atom stereocenters. The van der Waals surface area contributed by atoms with Gasteiger partial charge in [0.1, 0.15) is 0 Å². The third kappa shape index (κ3) is 5.90. The minimum absolute atomic E-state index is 0.138. The third-order valence-corrected chi connectivity index (χ3v) is 14.5. The highest BCUT2D eigenvalue weighted by Gasteiger charge is 2.38. The van der Waals surface area contributed by atoms with Gasteiger partial charge >= 0.3 is 0 Å². The summed E-state index contributed by atoms with van der Waals surface area (Å²) in [6, 6.07) is 78.8. The van der Waals surface area contributed by atoms with Gasteiger partial charge < -0.3 is 14.4 Å². The van der Waals surface area contributed by atoms with Gasteiger partial charge in [0.15, 0.2) is 0 Å². The maximum absolute atomic E-state index is 2.50. The largest absolute Gasteiger partial charge is 0.333 e. The van der Waals surface area contributed by atoms with Gasteiger partial charge in [0, 0.05) is 56.1 Å². The van der Waals surface area contributed by atoms with Gasteiger partial charge in [0.25, 0.3) is 0 Å². The number of hydrogen-bond donors (Lipinski definition) is 0. The number of nitrogens with zero attached hydrogens (tertiary/aromatic N) is 3. The maximum atomic E-state index is 2.50. The molecule has 314 valence electrons. The molecule has 0 spiro atoms. The lowest BCUT2D eigenvalue weighted by Gasteiger charge is -2.30. The van der Waals surface area contributed by atoms with Crippen LogP contribution in [0.5, 0.6) is 0 Å². The second-order valence-electron chi connectivity index (χ2n) is 18.5. The van der Waals surface area contributed by atoms with Crippen molar-refractivity contribution < 1.29 is 0 Å². The Morgan fingerprint density at radius 3 is 1.91 bits per heavy atom. The van der Waals surface area contributed by atoms with Crippen LogP contribution in [0.1, 0.15) is 36.5 Å². The molecule has 1 aliphatic heterocycles. The zero-order valence-corrected chi connectivity index (χ0v) is 37.0. The Bertz CT molecular complexity index is 3580. The summed E-state index contributed by atoms with van der Waals surface area (Å²) >= 11 is 0. The number of benzene rings is 9. The standard InChI is InChI=1S/C63H47N3/c1-63(2)56-25-13-9-22-50(56)51-36-35-48(41-57(51)63)64(47-33-29-42(30-34-47)43-31-37-61-54(39-43)52-23-11-15-27-59(52)65(61)45-17-5-3-6-18-45)58-26-14-10-21-49(58)44-32-38-62-55(40-44)53-24-12-16-28-60(53)66(62)46-19-7-4-8-20-46/h3-41,52,59H,1-2H3. The Hall–Kier alpha value is -8.14. The first-order valence-corrected chi connectivity index (χ1v) is 23.2. The number of anilines is 5. The summed E-state index contributed by atoms with van der Waals surface area (Å²) < 4.78 is 2.39. The Balaban J connectivity index is 0.946. The average Bonchev–Trinajstić information content (AvgIpc) is 3.97. The van der Waals surface area contributed by atoms with Crippen LogP contribution in [0.3, 0.4) is 0 Å². The molecule has 2 heterocycles. The molecule has 0 radical (unpaired) electrons. The predicted molar refractivity (Wildman–Crippen MR) is 277 cm³/mol. The van der Waals surface area contributed by atoms with E-state index in [-0.39, 0.29) is 11.5 Å². The molecule has 1 aromatic heterocycles. The molecule has 66 heavy (non-hydrogen) atoms. The first-order chi connectivity index (χ1) is 32.5. The fraction of sp³-hybridized carbons (Fsp3) is 0.0794. The quantitative estimate of drug-likeness (QED) is 0.158. The van der Waals surface area contributed by atoms with Crippen molar-refractivity contribution in [2.75, 3.05) is 9.80 Å². The van der Waals surface area contributed by atoms with Crippen molar-refractivity contribution in [1.29, 1.82) is 0 Å². The third-order valence-electron chi connectivity index (χ3n) is 14.5. The first kappa shape index (κ1) is 38.3. The van der Waals surface area contributed by atoms with Crippen molar-refractivity contribution in [2.24, 2.45) is 0 Å². The van der Waals surface area contributed by atoms with E-state index < -0.39 is 0 Å². The molecule has 0 N–H and O–H groups in total. The van der Waals surface area contributed by atoms with Crippen molar-refractivity contribution in [3.63, 3.8) is 0 Å². The molecule has 3 heteroatoms. The Morgan fingerprint density at radius 2 is 1.08 bits per heavy atom. The molecule has 2 unspecified atom stereocenters. The summed E-state index contributed by atoms with van der Waals surface area (Å²) in [7, 11) is 0. The minimum Gasteiger partial charge on any atom is -0.333 e. The van der Waals surface area contributed by atoms with Crippen LogP contribution < -0.4 is 9.80 Å². The molecule has 0 bridgehead atoms. The predicted octanol–water partition coefficient (Wildman–Crippen LogP) is 16.6. The molecule has 0 amide bonds. The van der Waals surface area contributed by atoms with Crippen LogP contribution in [0.15, 0.2) is 237 Å². The number of hydrogen-bond acceptors (Lipinski definition) is 2. The number of para-hydroxylation sites is 4. The van der Waals surface area contributed by atoms with Crippen LogP contribution in [0.4, 0.5) is 28.4 Å². The number of fused-ring (bicyclic) bond motifs is 9. The van der Waals surface area contributed by atoms with Crippen molar-refractivity contribution in [1.82, 2.24) is 4.57 Å². The van der Waals surface area contributed by atoms with E-state index in [0.717, 1.165) is 22.7 Å². The Kier molecular flexibility index (Phi) is 8.69. The van der Waals surface area contributed by atoms with Crippen molar-refractivity contribution in [2.45, 2.75) is 31.2 Å². The van der Waals surface area contributed by atoms with Gasteiger partial charge in [0.2, 0.25) is 0 Å². The van der Waals surface area contributed by atoms with E-state index in [1.54, 1.807) is 0 Å². The molecule has 0 saturated carbocycles. The van der Waals surface area contributed by atoms with Gasteiger partial charge in [-0.1, -0.05) is 166 Å². The fourth-order valence-electron chi connectivity index (χ4n) is 11.4. The number of allylic oxidation sites excluding steroid dienone is 2. The lowest BCUT2D eigenvalue weighted by molar-refractivity contribution is 0.660. The second kappa shape index (κ2) is 15.0. The Morgan fingerprint density at radius 1 is 0.439 bits per heavy atom. The van der Waals surface area contributed by atoms with Crippen LogP contribution in [0.2, 0.25) is 0 Å². The van der Waals surface area contributed by atoms with Gasteiger partial charge in [-0.2, -0.15) is 0 Å². The number of aromatic nitrogens is 1. The smallest absolute Gasteiger partial charge is 0.0629 e. The molecule has 3 nitrogen and oxygen atoms in total. The zero-order valence-electron chi connectivity index (χ0n) is 37.0. The van der Waals surface area contributed by atoms with E-state index >= 15 is 0 Å².